The lowest BCUT2D eigenvalue weighted by atomic mass is 9.99. The van der Waals surface area contributed by atoms with Gasteiger partial charge in [-0.2, -0.15) is 5.10 Å². The van der Waals surface area contributed by atoms with Gasteiger partial charge >= 0.3 is 0 Å². The summed E-state index contributed by atoms with van der Waals surface area (Å²) in [7, 11) is 0. The van der Waals surface area contributed by atoms with E-state index in [0.29, 0.717) is 17.9 Å². The van der Waals surface area contributed by atoms with E-state index < -0.39 is 0 Å². The third-order valence-corrected chi connectivity index (χ3v) is 5.56. The van der Waals surface area contributed by atoms with Gasteiger partial charge in [-0.1, -0.05) is 12.1 Å². The van der Waals surface area contributed by atoms with Crippen molar-refractivity contribution in [1.29, 1.82) is 0 Å². The summed E-state index contributed by atoms with van der Waals surface area (Å²) >= 11 is 0. The molecule has 2 aromatic carbocycles. The highest BCUT2D eigenvalue weighted by Crippen LogP contribution is 2.36. The van der Waals surface area contributed by atoms with Crippen LogP contribution in [0.25, 0.3) is 22.4 Å². The van der Waals surface area contributed by atoms with E-state index in [4.69, 9.17) is 5.10 Å². The number of nitrogens with zero attached hydrogens (tertiary/aromatic N) is 3. The number of benzene rings is 2. The second kappa shape index (κ2) is 8.91. The molecule has 3 heterocycles. The Bertz CT molecular complexity index is 1300. The van der Waals surface area contributed by atoms with Crippen molar-refractivity contribution < 1.29 is 13.6 Å². The first-order valence-corrected chi connectivity index (χ1v) is 10.6. The molecule has 0 aliphatic carbocycles. The van der Waals surface area contributed by atoms with E-state index in [1.165, 1.54) is 24.3 Å². The fourth-order valence-electron chi connectivity index (χ4n) is 4.00. The molecule has 2 N–H and O–H groups in total. The van der Waals surface area contributed by atoms with E-state index in [-0.39, 0.29) is 24.0 Å². The van der Waals surface area contributed by atoms with Gasteiger partial charge < -0.3 is 10.6 Å². The van der Waals surface area contributed by atoms with Crippen molar-refractivity contribution in [2.24, 2.45) is 0 Å². The normalized spacial score (nSPS) is 12.9. The fraction of sp³-hybridized carbons (Fsp3) is 0.160. The number of carbonyl (C=O) groups excluding carboxylic acids is 1. The lowest BCUT2D eigenvalue weighted by molar-refractivity contribution is -0.115. The zero-order valence-electron chi connectivity index (χ0n) is 17.7. The van der Waals surface area contributed by atoms with E-state index in [1.807, 2.05) is 16.8 Å². The largest absolute Gasteiger partial charge is 0.310 e. The second-order valence-electron chi connectivity index (χ2n) is 7.86. The molecule has 1 amide bonds. The molecule has 0 fully saturated rings. The van der Waals surface area contributed by atoms with Crippen LogP contribution in [-0.4, -0.2) is 27.2 Å². The average molecular weight is 445 g/mol. The van der Waals surface area contributed by atoms with Crippen molar-refractivity contribution in [3.63, 3.8) is 0 Å². The highest BCUT2D eigenvalue weighted by Gasteiger charge is 2.23. The molecule has 4 aromatic rings. The average Bonchev–Trinajstić information content (AvgIpc) is 3.21. The molecule has 0 spiro atoms. The Labute approximate surface area is 189 Å². The Morgan fingerprint density at radius 3 is 2.48 bits per heavy atom. The number of anilines is 1. The van der Waals surface area contributed by atoms with Gasteiger partial charge in [0.2, 0.25) is 5.91 Å². The van der Waals surface area contributed by atoms with Crippen LogP contribution in [0.5, 0.6) is 0 Å². The summed E-state index contributed by atoms with van der Waals surface area (Å²) in [5, 5.41) is 11.0. The molecular weight excluding hydrogens is 424 g/mol. The van der Waals surface area contributed by atoms with Gasteiger partial charge in [0.15, 0.2) is 0 Å². The molecule has 2 aromatic heterocycles. The van der Waals surface area contributed by atoms with E-state index in [9.17, 15) is 13.6 Å². The van der Waals surface area contributed by atoms with Gasteiger partial charge in [-0.15, -0.1) is 0 Å². The number of fused-ring (bicyclic) bond motifs is 1. The SMILES string of the molecule is O=C(Cc1ccc(F)cc1)Nc1cc(-c2c(-c3ccc(F)cc3)nn3c2CNCC3)ccn1. The van der Waals surface area contributed by atoms with Gasteiger partial charge in [-0.25, -0.2) is 13.8 Å². The van der Waals surface area contributed by atoms with Gasteiger partial charge in [0.25, 0.3) is 0 Å². The first-order valence-electron chi connectivity index (χ1n) is 10.6. The van der Waals surface area contributed by atoms with E-state index >= 15 is 0 Å². The van der Waals surface area contributed by atoms with E-state index in [2.05, 4.69) is 15.6 Å². The number of rotatable bonds is 5. The lowest BCUT2D eigenvalue weighted by Crippen LogP contribution is -2.28. The monoisotopic (exact) mass is 445 g/mol. The smallest absolute Gasteiger partial charge is 0.229 e. The van der Waals surface area contributed by atoms with Crippen molar-refractivity contribution in [2.75, 3.05) is 11.9 Å². The molecule has 5 rings (SSSR count). The van der Waals surface area contributed by atoms with E-state index in [0.717, 1.165) is 41.2 Å². The predicted octanol–water partition coefficient (Wildman–Crippen LogP) is 4.17. The summed E-state index contributed by atoms with van der Waals surface area (Å²) in [4.78, 5) is 16.8. The standard InChI is InChI=1S/C25H21F2N5O/c26-19-5-1-16(2-6-19)13-23(33)30-22-14-18(9-10-29-22)24-21-15-28-11-12-32(21)31-25(24)17-3-7-20(27)8-4-17/h1-10,14,28H,11-13,15H2,(H,29,30,33). The number of hydrogen-bond acceptors (Lipinski definition) is 4. The van der Waals surface area contributed by atoms with Crippen LogP contribution in [0, 0.1) is 11.6 Å². The minimum atomic E-state index is -0.343. The third kappa shape index (κ3) is 4.51. The topological polar surface area (TPSA) is 71.8 Å². The van der Waals surface area contributed by atoms with Crippen LogP contribution in [0.1, 0.15) is 11.3 Å². The Morgan fingerprint density at radius 1 is 1.00 bits per heavy atom. The van der Waals surface area contributed by atoms with Crippen molar-refractivity contribution in [3.8, 4) is 22.4 Å². The minimum Gasteiger partial charge on any atom is -0.310 e. The summed E-state index contributed by atoms with van der Waals surface area (Å²) in [6.45, 7) is 2.20. The quantitative estimate of drug-likeness (QED) is 0.484. The maximum atomic E-state index is 13.5. The number of hydrogen-bond donors (Lipinski definition) is 2. The van der Waals surface area contributed by atoms with Gasteiger partial charge in [-0.05, 0) is 59.7 Å². The van der Waals surface area contributed by atoms with Crippen LogP contribution in [0.15, 0.2) is 66.9 Å². The van der Waals surface area contributed by atoms with Crippen molar-refractivity contribution in [2.45, 2.75) is 19.5 Å². The number of halogens is 2. The molecule has 1 aliphatic heterocycles. The Morgan fingerprint density at radius 2 is 1.73 bits per heavy atom. The summed E-state index contributed by atoms with van der Waals surface area (Å²) in [6, 6.07) is 15.8. The molecular formula is C25H21F2N5O. The van der Waals surface area contributed by atoms with Gasteiger partial charge in [0, 0.05) is 30.4 Å². The van der Waals surface area contributed by atoms with Crippen LogP contribution >= 0.6 is 0 Å². The first-order chi connectivity index (χ1) is 16.1. The number of pyridine rings is 1. The van der Waals surface area contributed by atoms with Gasteiger partial charge in [-0.3, -0.25) is 9.48 Å². The van der Waals surface area contributed by atoms with E-state index in [1.54, 1.807) is 30.5 Å². The van der Waals surface area contributed by atoms with Crippen molar-refractivity contribution in [1.82, 2.24) is 20.1 Å². The maximum Gasteiger partial charge on any atom is 0.229 e. The van der Waals surface area contributed by atoms with Crippen molar-refractivity contribution in [3.05, 3.63) is 89.8 Å². The maximum absolute atomic E-state index is 13.5. The summed E-state index contributed by atoms with van der Waals surface area (Å²) in [5.41, 5.74) is 5.07. The zero-order valence-corrected chi connectivity index (χ0v) is 17.7. The first kappa shape index (κ1) is 21.0. The summed E-state index contributed by atoms with van der Waals surface area (Å²) in [5.74, 6) is -0.484. The number of amides is 1. The molecule has 166 valence electrons. The molecule has 0 bridgehead atoms. The van der Waals surface area contributed by atoms with Crippen LogP contribution in [0.3, 0.4) is 0 Å². The number of carbonyl (C=O) groups is 1. The van der Waals surface area contributed by atoms with Crippen LogP contribution in [0.2, 0.25) is 0 Å². The number of nitrogens with one attached hydrogen (secondary N) is 2. The lowest BCUT2D eigenvalue weighted by Gasteiger charge is -2.16. The molecule has 0 unspecified atom stereocenters. The molecule has 0 saturated heterocycles. The predicted molar refractivity (Wildman–Crippen MR) is 121 cm³/mol. The molecule has 8 heteroatoms. The minimum absolute atomic E-state index is 0.111. The van der Waals surface area contributed by atoms with Gasteiger partial charge in [0.1, 0.15) is 23.1 Å². The van der Waals surface area contributed by atoms with Crippen LogP contribution in [0.4, 0.5) is 14.6 Å². The summed E-state index contributed by atoms with van der Waals surface area (Å²) in [6.07, 6.45) is 1.75. The Kier molecular flexibility index (Phi) is 5.66. The van der Waals surface area contributed by atoms with Crippen LogP contribution < -0.4 is 10.6 Å². The molecule has 0 radical (unpaired) electrons. The Hall–Kier alpha value is -3.91. The van der Waals surface area contributed by atoms with Crippen molar-refractivity contribution >= 4 is 11.7 Å². The fourth-order valence-corrected chi connectivity index (χ4v) is 4.00. The second-order valence-corrected chi connectivity index (χ2v) is 7.86. The van der Waals surface area contributed by atoms with Gasteiger partial charge in [0.05, 0.1) is 18.7 Å². The molecule has 33 heavy (non-hydrogen) atoms. The van der Waals surface area contributed by atoms with Crippen LogP contribution in [-0.2, 0) is 24.3 Å². The Balaban J connectivity index is 1.46. The summed E-state index contributed by atoms with van der Waals surface area (Å²) < 4.78 is 28.6. The zero-order chi connectivity index (χ0) is 22.8. The molecule has 0 atom stereocenters. The highest BCUT2D eigenvalue weighted by molar-refractivity contribution is 5.92. The molecule has 1 aliphatic rings. The third-order valence-electron chi connectivity index (χ3n) is 5.56. The highest BCUT2D eigenvalue weighted by atomic mass is 19.1. The molecule has 6 nitrogen and oxygen atoms in total. The number of aromatic nitrogens is 3. The molecule has 0 saturated carbocycles.